The molecule has 1 saturated heterocycles. The lowest BCUT2D eigenvalue weighted by Crippen LogP contribution is -2.49. The number of carbonyl (C=O) groups is 1. The normalized spacial score (nSPS) is 17.5. The van der Waals surface area contributed by atoms with Gasteiger partial charge in [-0.3, -0.25) is 4.79 Å². The molecule has 1 fully saturated rings. The monoisotopic (exact) mass is 544 g/mol. The van der Waals surface area contributed by atoms with Gasteiger partial charge in [-0.25, -0.2) is 0 Å². The van der Waals surface area contributed by atoms with Gasteiger partial charge in [0.05, 0.1) is 5.56 Å². The fraction of sp³-hybridized carbons (Fsp3) is 0.567. The van der Waals surface area contributed by atoms with E-state index in [-0.39, 0.29) is 23.9 Å². The summed E-state index contributed by atoms with van der Waals surface area (Å²) in [4.78, 5) is 17.5. The Bertz CT molecular complexity index is 1100. The van der Waals surface area contributed by atoms with Gasteiger partial charge in [-0.1, -0.05) is 39.3 Å². The molecule has 0 aliphatic carbocycles. The quantitative estimate of drug-likeness (QED) is 0.437. The molecule has 2 aromatic carbocycles. The van der Waals surface area contributed by atoms with Gasteiger partial charge in [0, 0.05) is 63.1 Å². The molecule has 0 unspecified atom stereocenters. The van der Waals surface area contributed by atoms with E-state index in [1.54, 1.807) is 6.07 Å². The fourth-order valence-corrected chi connectivity index (χ4v) is 5.65. The third-order valence-electron chi connectivity index (χ3n) is 7.18. The van der Waals surface area contributed by atoms with Crippen LogP contribution in [0.3, 0.4) is 0 Å². The van der Waals surface area contributed by atoms with Gasteiger partial charge in [-0.2, -0.15) is 0 Å². The number of hydrogen-bond acceptors (Lipinski definition) is 6. The van der Waals surface area contributed by atoms with E-state index in [0.29, 0.717) is 42.8 Å². The van der Waals surface area contributed by atoms with Crippen molar-refractivity contribution in [3.05, 3.63) is 52.5 Å². The van der Waals surface area contributed by atoms with Crippen molar-refractivity contribution in [3.63, 3.8) is 0 Å². The number of carbonyl (C=O) groups excluding carboxylic acids is 1. The van der Waals surface area contributed by atoms with Crippen molar-refractivity contribution in [2.45, 2.75) is 58.7 Å². The molecule has 2 aromatic rings. The number of benzene rings is 2. The second-order valence-electron chi connectivity index (χ2n) is 11.7. The lowest BCUT2D eigenvalue weighted by atomic mass is 9.87. The van der Waals surface area contributed by atoms with Gasteiger partial charge in [0.1, 0.15) is 35.6 Å². The van der Waals surface area contributed by atoms with Crippen LogP contribution in [0, 0.1) is 11.8 Å². The van der Waals surface area contributed by atoms with Crippen LogP contribution in [-0.2, 0) is 6.42 Å². The first-order valence-electron chi connectivity index (χ1n) is 13.7. The van der Waals surface area contributed by atoms with Crippen LogP contribution in [0.1, 0.15) is 56.5 Å². The number of β-amino-alcohol motifs (C(OH)–C–C–N with tert-alkyl or cyclic N) is 1. The molecule has 7 nitrogen and oxygen atoms in total. The summed E-state index contributed by atoms with van der Waals surface area (Å²) in [7, 11) is 0. The van der Waals surface area contributed by atoms with Crippen LogP contribution >= 0.6 is 11.6 Å². The van der Waals surface area contributed by atoms with Crippen LogP contribution in [0.5, 0.6) is 17.2 Å². The number of phenols is 1. The Hall–Kier alpha value is -2.48. The number of phenolic OH excluding ortho intramolecular Hbond substituents is 1. The Morgan fingerprint density at radius 3 is 2.45 bits per heavy atom. The van der Waals surface area contributed by atoms with E-state index in [4.69, 9.17) is 21.1 Å². The minimum absolute atomic E-state index is 0.0190. The molecule has 0 radical (unpaired) electrons. The lowest BCUT2D eigenvalue weighted by molar-refractivity contribution is -0.00203. The highest BCUT2D eigenvalue weighted by Crippen LogP contribution is 2.42. The average Bonchev–Trinajstić information content (AvgIpc) is 3.20. The van der Waals surface area contributed by atoms with E-state index in [2.05, 4.69) is 32.6 Å². The molecule has 208 valence electrons. The van der Waals surface area contributed by atoms with E-state index in [1.165, 1.54) is 12.1 Å². The molecule has 0 saturated carbocycles. The SMILES string of the molecule is CC(C)CN(CC(C)C)C(=O)c1ccc(O)cc1OC[C@@H](O)CN1CCC2(CC1)Cc1cc(Cl)ccc1O2. The maximum absolute atomic E-state index is 13.4. The number of nitrogens with zero attached hydrogens (tertiary/aromatic N) is 2. The van der Waals surface area contributed by atoms with Crippen LogP contribution in [0.25, 0.3) is 0 Å². The smallest absolute Gasteiger partial charge is 0.257 e. The zero-order valence-electron chi connectivity index (χ0n) is 23.0. The average molecular weight is 545 g/mol. The van der Waals surface area contributed by atoms with E-state index in [0.717, 1.165) is 48.7 Å². The predicted molar refractivity (Wildman–Crippen MR) is 149 cm³/mol. The number of amides is 1. The number of piperidine rings is 1. The Kier molecular flexibility index (Phi) is 9.11. The van der Waals surface area contributed by atoms with Gasteiger partial charge in [0.15, 0.2) is 0 Å². The zero-order chi connectivity index (χ0) is 27.4. The Labute approximate surface area is 231 Å². The molecule has 0 aromatic heterocycles. The fourth-order valence-electron chi connectivity index (χ4n) is 5.46. The summed E-state index contributed by atoms with van der Waals surface area (Å²) in [6, 6.07) is 10.4. The van der Waals surface area contributed by atoms with Crippen LogP contribution in [-0.4, -0.2) is 77.0 Å². The maximum Gasteiger partial charge on any atom is 0.257 e. The van der Waals surface area contributed by atoms with E-state index in [9.17, 15) is 15.0 Å². The molecule has 2 heterocycles. The summed E-state index contributed by atoms with van der Waals surface area (Å²) in [6.07, 6.45) is 1.87. The Balaban J connectivity index is 1.32. The van der Waals surface area contributed by atoms with Gasteiger partial charge in [0.2, 0.25) is 0 Å². The third kappa shape index (κ3) is 7.13. The molecular formula is C30H41ClN2O5. The first kappa shape index (κ1) is 28.5. The number of aromatic hydroxyl groups is 1. The molecule has 8 heteroatoms. The summed E-state index contributed by atoms with van der Waals surface area (Å²) in [5, 5.41) is 21.6. The Morgan fingerprint density at radius 2 is 1.79 bits per heavy atom. The standard InChI is InChI=1S/C30H41ClN2O5/c1-20(2)16-33(17-21(3)4)29(36)26-7-6-24(34)14-28(26)37-19-25(35)18-32-11-9-30(10-12-32)15-22-13-23(31)5-8-27(22)38-30/h5-8,13-14,20-21,25,34-35H,9-12,15-19H2,1-4H3/t25-/m0/s1. The summed E-state index contributed by atoms with van der Waals surface area (Å²) in [6.45, 7) is 11.7. The summed E-state index contributed by atoms with van der Waals surface area (Å²) in [5.41, 5.74) is 1.37. The highest BCUT2D eigenvalue weighted by atomic mass is 35.5. The minimum Gasteiger partial charge on any atom is -0.508 e. The molecule has 38 heavy (non-hydrogen) atoms. The molecule has 2 N–H and O–H groups in total. The number of halogens is 1. The zero-order valence-corrected chi connectivity index (χ0v) is 23.7. The van der Waals surface area contributed by atoms with Crippen molar-refractivity contribution in [1.29, 1.82) is 0 Å². The number of ether oxygens (including phenoxy) is 2. The van der Waals surface area contributed by atoms with Crippen LogP contribution < -0.4 is 9.47 Å². The third-order valence-corrected chi connectivity index (χ3v) is 7.42. The molecule has 2 aliphatic rings. The number of rotatable bonds is 10. The molecule has 1 atom stereocenters. The first-order valence-corrected chi connectivity index (χ1v) is 14.0. The van der Waals surface area contributed by atoms with Crippen molar-refractivity contribution in [1.82, 2.24) is 9.80 Å². The molecule has 1 amide bonds. The number of fused-ring (bicyclic) bond motifs is 1. The molecule has 2 aliphatic heterocycles. The topological polar surface area (TPSA) is 82.5 Å². The number of aliphatic hydroxyl groups is 1. The van der Waals surface area contributed by atoms with Crippen LogP contribution in [0.15, 0.2) is 36.4 Å². The molecular weight excluding hydrogens is 504 g/mol. The van der Waals surface area contributed by atoms with Gasteiger partial charge in [-0.05, 0) is 47.7 Å². The molecule has 0 bridgehead atoms. The lowest BCUT2D eigenvalue weighted by Gasteiger charge is -2.39. The van der Waals surface area contributed by atoms with Crippen molar-refractivity contribution >= 4 is 17.5 Å². The molecule has 1 spiro atoms. The van der Waals surface area contributed by atoms with Crippen LogP contribution in [0.2, 0.25) is 5.02 Å². The second-order valence-corrected chi connectivity index (χ2v) is 12.1. The van der Waals surface area contributed by atoms with Gasteiger partial charge in [0.25, 0.3) is 5.91 Å². The highest BCUT2D eigenvalue weighted by molar-refractivity contribution is 6.30. The second kappa shape index (κ2) is 12.1. The van der Waals surface area contributed by atoms with Crippen molar-refractivity contribution in [2.24, 2.45) is 11.8 Å². The van der Waals surface area contributed by atoms with E-state index in [1.807, 2.05) is 23.1 Å². The number of likely N-dealkylation sites (tertiary alicyclic amines) is 1. The number of aliphatic hydroxyl groups excluding tert-OH is 1. The van der Waals surface area contributed by atoms with Crippen molar-refractivity contribution < 1.29 is 24.5 Å². The largest absolute Gasteiger partial charge is 0.508 e. The van der Waals surface area contributed by atoms with E-state index < -0.39 is 6.10 Å². The predicted octanol–water partition coefficient (Wildman–Crippen LogP) is 5.01. The minimum atomic E-state index is -0.739. The van der Waals surface area contributed by atoms with Crippen molar-refractivity contribution in [3.8, 4) is 17.2 Å². The summed E-state index contributed by atoms with van der Waals surface area (Å²) < 4.78 is 12.3. The van der Waals surface area contributed by atoms with Crippen LogP contribution in [0.4, 0.5) is 0 Å². The summed E-state index contributed by atoms with van der Waals surface area (Å²) in [5.74, 6) is 1.76. The van der Waals surface area contributed by atoms with E-state index >= 15 is 0 Å². The van der Waals surface area contributed by atoms with Gasteiger partial charge >= 0.3 is 0 Å². The molecule has 4 rings (SSSR count). The first-order chi connectivity index (χ1) is 18.0. The Morgan fingerprint density at radius 1 is 1.11 bits per heavy atom. The van der Waals surface area contributed by atoms with Crippen molar-refractivity contribution in [2.75, 3.05) is 39.3 Å². The maximum atomic E-state index is 13.4. The number of hydrogen-bond donors (Lipinski definition) is 2. The summed E-state index contributed by atoms with van der Waals surface area (Å²) >= 11 is 6.16. The highest BCUT2D eigenvalue weighted by Gasteiger charge is 2.42. The van der Waals surface area contributed by atoms with Gasteiger partial charge in [-0.15, -0.1) is 0 Å². The van der Waals surface area contributed by atoms with Gasteiger partial charge < -0.3 is 29.5 Å².